The van der Waals surface area contributed by atoms with E-state index in [1.807, 2.05) is 24.3 Å². The number of alkyl halides is 4. The SMILES string of the molecule is CS(=O)(=O)Nc1ccc(-c2cccc(N(CC34CCC(c5cnc(C(F)(F)F)nc5)(CC3)OC4)C(=O)CC34CC(F)(C3)C4)c2)cc1. The Morgan fingerprint density at radius 3 is 2.15 bits per heavy atom. The lowest BCUT2D eigenvalue weighted by Gasteiger charge is -2.66. The molecular weight excluding hydrogens is 624 g/mol. The van der Waals surface area contributed by atoms with Gasteiger partial charge in [-0.25, -0.2) is 22.8 Å². The fourth-order valence-electron chi connectivity index (χ4n) is 7.97. The van der Waals surface area contributed by atoms with Crippen molar-refractivity contribution in [2.45, 2.75) is 68.8 Å². The first kappa shape index (κ1) is 31.0. The maximum Gasteiger partial charge on any atom is 0.451 e. The number of benzene rings is 2. The van der Waals surface area contributed by atoms with Gasteiger partial charge in [-0.3, -0.25) is 9.52 Å². The molecule has 0 unspecified atom stereocenters. The van der Waals surface area contributed by atoms with Gasteiger partial charge >= 0.3 is 6.18 Å². The molecule has 9 rings (SSSR count). The number of carbonyl (C=O) groups is 1. The standard InChI is InChI=1S/C33H34F4N4O4S/c1-46(43,44)40-25-7-5-22(6-8-25)23-3-2-4-26(13-23)41(27(42)14-30-17-31(34,18-30)19-30)20-29-9-11-32(12-10-29,45-21-29)24-15-38-28(39-16-24)33(35,36)37/h2-8,13,15-16,40H,9-12,14,17-21H2,1H3. The molecule has 0 atom stereocenters. The average Bonchev–Trinajstić information content (AvgIpc) is 2.99. The van der Waals surface area contributed by atoms with Crippen molar-refractivity contribution in [3.63, 3.8) is 0 Å². The van der Waals surface area contributed by atoms with Crippen molar-refractivity contribution >= 4 is 27.3 Å². The highest BCUT2D eigenvalue weighted by molar-refractivity contribution is 7.92. The number of nitrogens with one attached hydrogen (secondary N) is 1. The van der Waals surface area contributed by atoms with E-state index in [9.17, 15) is 30.8 Å². The number of aromatic nitrogens is 2. The minimum Gasteiger partial charge on any atom is -0.370 e. The summed E-state index contributed by atoms with van der Waals surface area (Å²) < 4.78 is 85.5. The summed E-state index contributed by atoms with van der Waals surface area (Å²) in [7, 11) is -3.42. The largest absolute Gasteiger partial charge is 0.451 e. The van der Waals surface area contributed by atoms with Gasteiger partial charge in [0.1, 0.15) is 5.67 Å². The van der Waals surface area contributed by atoms with Crippen molar-refractivity contribution in [3.05, 3.63) is 72.3 Å². The third-order valence-electron chi connectivity index (χ3n) is 10.3. The van der Waals surface area contributed by atoms with Crippen LogP contribution in [0.5, 0.6) is 0 Å². The molecule has 2 aliphatic heterocycles. The highest BCUT2D eigenvalue weighted by Crippen LogP contribution is 2.71. The van der Waals surface area contributed by atoms with Crippen LogP contribution >= 0.6 is 0 Å². The minimum absolute atomic E-state index is 0.0699. The molecule has 4 saturated carbocycles. The van der Waals surface area contributed by atoms with Gasteiger partial charge < -0.3 is 9.64 Å². The topological polar surface area (TPSA) is 101 Å². The van der Waals surface area contributed by atoms with Crippen molar-refractivity contribution in [1.29, 1.82) is 0 Å². The van der Waals surface area contributed by atoms with Crippen LogP contribution in [-0.2, 0) is 31.3 Å². The van der Waals surface area contributed by atoms with Crippen LogP contribution in [0.1, 0.15) is 62.8 Å². The molecule has 2 saturated heterocycles. The van der Waals surface area contributed by atoms with Crippen molar-refractivity contribution in [1.82, 2.24) is 9.97 Å². The summed E-state index contributed by atoms with van der Waals surface area (Å²) in [5.74, 6) is -1.26. The Kier molecular flexibility index (Phi) is 7.06. The first-order valence-electron chi connectivity index (χ1n) is 15.3. The van der Waals surface area contributed by atoms with Gasteiger partial charge in [0, 0.05) is 47.7 Å². The zero-order chi connectivity index (χ0) is 32.6. The molecule has 1 N–H and O–H groups in total. The second kappa shape index (κ2) is 10.5. The van der Waals surface area contributed by atoms with Gasteiger partial charge in [0.15, 0.2) is 0 Å². The molecule has 3 aromatic rings. The average molecular weight is 659 g/mol. The second-order valence-corrected chi connectivity index (χ2v) is 15.7. The van der Waals surface area contributed by atoms with E-state index in [4.69, 9.17) is 4.74 Å². The number of carbonyl (C=O) groups excluding carboxylic acids is 1. The van der Waals surface area contributed by atoms with Gasteiger partial charge in [0.25, 0.3) is 0 Å². The van der Waals surface area contributed by atoms with Crippen LogP contribution in [0.25, 0.3) is 11.1 Å². The number of ether oxygens (including phenoxy) is 1. The summed E-state index contributed by atoms with van der Waals surface area (Å²) in [5.41, 5.74) is 0.828. The van der Waals surface area contributed by atoms with E-state index in [0.29, 0.717) is 75.0 Å². The molecular formula is C33H34F4N4O4S. The molecule has 2 aromatic carbocycles. The summed E-state index contributed by atoms with van der Waals surface area (Å²) in [6.07, 6.45) is 2.91. The minimum atomic E-state index is -4.62. The predicted molar refractivity (Wildman–Crippen MR) is 163 cm³/mol. The molecule has 244 valence electrons. The summed E-state index contributed by atoms with van der Waals surface area (Å²) in [5, 5.41) is 0. The summed E-state index contributed by atoms with van der Waals surface area (Å²) in [4.78, 5) is 22.9. The molecule has 8 nitrogen and oxygen atoms in total. The lowest BCUT2D eigenvalue weighted by Crippen LogP contribution is -2.65. The Hall–Kier alpha value is -3.58. The van der Waals surface area contributed by atoms with Gasteiger partial charge in [0.05, 0.1) is 18.5 Å². The number of rotatable bonds is 9. The number of nitrogens with zero attached hydrogens (tertiary/aromatic N) is 3. The van der Waals surface area contributed by atoms with E-state index in [-0.39, 0.29) is 23.2 Å². The van der Waals surface area contributed by atoms with Gasteiger partial charge in [-0.2, -0.15) is 13.2 Å². The number of sulfonamides is 1. The third-order valence-corrected chi connectivity index (χ3v) is 10.9. The number of anilines is 2. The second-order valence-electron chi connectivity index (χ2n) is 13.9. The van der Waals surface area contributed by atoms with E-state index in [1.165, 1.54) is 12.4 Å². The Balaban J connectivity index is 1.12. The maximum atomic E-state index is 14.4. The summed E-state index contributed by atoms with van der Waals surface area (Å²) in [6.45, 7) is 0.716. The normalized spacial score (nSPS) is 29.8. The molecule has 13 heteroatoms. The lowest BCUT2D eigenvalue weighted by molar-refractivity contribution is -0.215. The fourth-order valence-corrected chi connectivity index (χ4v) is 8.54. The summed E-state index contributed by atoms with van der Waals surface area (Å²) in [6, 6.07) is 14.6. The van der Waals surface area contributed by atoms with Crippen LogP contribution in [0.4, 0.5) is 28.9 Å². The first-order chi connectivity index (χ1) is 21.6. The van der Waals surface area contributed by atoms with Crippen LogP contribution in [0.3, 0.4) is 0 Å². The van der Waals surface area contributed by atoms with Crippen molar-refractivity contribution < 1.29 is 35.5 Å². The van der Waals surface area contributed by atoms with Crippen LogP contribution in [-0.4, -0.2) is 49.4 Å². The lowest BCUT2D eigenvalue weighted by atomic mass is 9.41. The number of amides is 1. The molecule has 4 bridgehead atoms. The van der Waals surface area contributed by atoms with Crippen molar-refractivity contribution in [2.24, 2.45) is 10.8 Å². The Morgan fingerprint density at radius 2 is 1.61 bits per heavy atom. The highest BCUT2D eigenvalue weighted by atomic mass is 32.2. The van der Waals surface area contributed by atoms with E-state index < -0.39 is 33.3 Å². The van der Waals surface area contributed by atoms with Gasteiger partial charge in [-0.05, 0) is 85.8 Å². The molecule has 46 heavy (non-hydrogen) atoms. The Labute approximate surface area is 264 Å². The fraction of sp³-hybridized carbons (Fsp3) is 0.485. The van der Waals surface area contributed by atoms with Gasteiger partial charge in [-0.1, -0.05) is 24.3 Å². The number of hydrogen-bond acceptors (Lipinski definition) is 6. The van der Waals surface area contributed by atoms with E-state index in [2.05, 4.69) is 14.7 Å². The molecule has 0 spiro atoms. The highest BCUT2D eigenvalue weighted by Gasteiger charge is 2.69. The van der Waals surface area contributed by atoms with E-state index in [1.54, 1.807) is 29.2 Å². The van der Waals surface area contributed by atoms with Crippen LogP contribution in [0.2, 0.25) is 0 Å². The molecule has 4 aliphatic carbocycles. The smallest absolute Gasteiger partial charge is 0.370 e. The van der Waals surface area contributed by atoms with Crippen LogP contribution < -0.4 is 9.62 Å². The number of fused-ring (bicyclic) bond motifs is 3. The molecule has 1 aromatic heterocycles. The molecule has 6 aliphatic rings. The first-order valence-corrected chi connectivity index (χ1v) is 17.2. The number of hydrogen-bond donors (Lipinski definition) is 1. The molecule has 1 amide bonds. The third kappa shape index (κ3) is 5.76. The zero-order valence-electron chi connectivity index (χ0n) is 25.2. The Morgan fingerprint density at radius 1 is 0.957 bits per heavy atom. The summed E-state index contributed by atoms with van der Waals surface area (Å²) >= 11 is 0. The predicted octanol–water partition coefficient (Wildman–Crippen LogP) is 6.64. The maximum absolute atomic E-state index is 14.4. The van der Waals surface area contributed by atoms with Crippen molar-refractivity contribution in [3.8, 4) is 11.1 Å². The van der Waals surface area contributed by atoms with Crippen molar-refractivity contribution in [2.75, 3.05) is 29.0 Å². The van der Waals surface area contributed by atoms with Gasteiger partial charge in [0.2, 0.25) is 21.8 Å². The zero-order valence-corrected chi connectivity index (χ0v) is 26.1. The quantitative estimate of drug-likeness (QED) is 0.259. The van der Waals surface area contributed by atoms with Crippen LogP contribution in [0.15, 0.2) is 60.9 Å². The van der Waals surface area contributed by atoms with E-state index in [0.717, 1.165) is 17.4 Å². The monoisotopic (exact) mass is 658 g/mol. The molecule has 0 radical (unpaired) electrons. The van der Waals surface area contributed by atoms with Crippen LogP contribution in [0, 0.1) is 10.8 Å². The molecule has 3 heterocycles. The Bertz CT molecular complexity index is 1740. The number of halogens is 4. The van der Waals surface area contributed by atoms with Gasteiger partial charge in [-0.15, -0.1) is 0 Å². The molecule has 6 fully saturated rings. The van der Waals surface area contributed by atoms with E-state index >= 15 is 0 Å².